The number of ether oxygens (including phenoxy) is 1. The first-order valence-corrected chi connectivity index (χ1v) is 9.89. The highest BCUT2D eigenvalue weighted by molar-refractivity contribution is 7.92. The molecule has 1 N–H and O–H groups in total. The van der Waals surface area contributed by atoms with Crippen molar-refractivity contribution < 1.29 is 17.9 Å². The van der Waals surface area contributed by atoms with Crippen LogP contribution in [0.1, 0.15) is 15.2 Å². The van der Waals surface area contributed by atoms with Crippen LogP contribution in [0, 0.1) is 6.92 Å². The van der Waals surface area contributed by atoms with E-state index in [1.54, 1.807) is 42.5 Å². The molecule has 3 rings (SSSR count). The summed E-state index contributed by atoms with van der Waals surface area (Å²) in [6, 6.07) is 11.5. The van der Waals surface area contributed by atoms with Crippen LogP contribution in [0.4, 0.5) is 5.69 Å². The number of rotatable bonds is 4. The van der Waals surface area contributed by atoms with E-state index in [0.717, 1.165) is 16.9 Å². The van der Waals surface area contributed by atoms with Crippen molar-refractivity contribution in [2.45, 2.75) is 11.8 Å². The fraction of sp³-hybridized carbons (Fsp3) is 0.118. The maximum atomic E-state index is 12.5. The van der Waals surface area contributed by atoms with E-state index in [0.29, 0.717) is 20.8 Å². The van der Waals surface area contributed by atoms with Crippen LogP contribution in [0.15, 0.2) is 47.4 Å². The van der Waals surface area contributed by atoms with Gasteiger partial charge in [0.05, 0.1) is 22.7 Å². The molecule has 0 atom stereocenters. The molecule has 0 aliphatic rings. The Morgan fingerprint density at radius 3 is 2.48 bits per heavy atom. The van der Waals surface area contributed by atoms with Gasteiger partial charge in [0.15, 0.2) is 0 Å². The van der Waals surface area contributed by atoms with E-state index in [2.05, 4.69) is 4.72 Å². The minimum Gasteiger partial charge on any atom is -0.465 e. The highest BCUT2D eigenvalue weighted by Gasteiger charge is 2.19. The van der Waals surface area contributed by atoms with Crippen molar-refractivity contribution in [1.29, 1.82) is 0 Å². The standard InChI is InChI=1S/C17H14ClNO4S2/c1-10-3-6-12(7-4-10)25(21,22)19-11-5-8-13-14(9-11)24-16(15(13)18)17(20)23-2/h3-9,19H,1-2H3. The molecular formula is C17H14ClNO4S2. The second-order valence-corrected chi connectivity index (χ2v) is 8.48. The minimum atomic E-state index is -3.69. The molecule has 0 fully saturated rings. The smallest absolute Gasteiger partial charge is 0.349 e. The highest BCUT2D eigenvalue weighted by atomic mass is 35.5. The van der Waals surface area contributed by atoms with Gasteiger partial charge in [-0.1, -0.05) is 29.3 Å². The van der Waals surface area contributed by atoms with Gasteiger partial charge in [0, 0.05) is 10.1 Å². The number of thiophene rings is 1. The maximum Gasteiger partial charge on any atom is 0.349 e. The molecule has 1 heterocycles. The molecule has 0 amide bonds. The molecule has 0 aliphatic carbocycles. The third kappa shape index (κ3) is 3.49. The number of hydrogen-bond acceptors (Lipinski definition) is 5. The number of anilines is 1. The molecule has 0 spiro atoms. The summed E-state index contributed by atoms with van der Waals surface area (Å²) < 4.78 is 32.9. The Balaban J connectivity index is 1.97. The predicted octanol–water partition coefficient (Wildman–Crippen LogP) is 4.45. The molecule has 8 heteroatoms. The van der Waals surface area contributed by atoms with Crippen molar-refractivity contribution >= 4 is 54.7 Å². The Labute approximate surface area is 154 Å². The van der Waals surface area contributed by atoms with Crippen molar-refractivity contribution in [2.75, 3.05) is 11.8 Å². The fourth-order valence-corrected chi connectivity index (χ4v) is 4.80. The number of methoxy groups -OCH3 is 1. The number of hydrogen-bond donors (Lipinski definition) is 1. The van der Waals surface area contributed by atoms with E-state index in [4.69, 9.17) is 16.3 Å². The second kappa shape index (κ2) is 6.67. The van der Waals surface area contributed by atoms with Crippen LogP contribution in [0.2, 0.25) is 5.02 Å². The third-order valence-electron chi connectivity index (χ3n) is 3.58. The van der Waals surface area contributed by atoms with Gasteiger partial charge in [-0.05, 0) is 37.3 Å². The first-order valence-electron chi connectivity index (χ1n) is 7.21. The van der Waals surface area contributed by atoms with Crippen molar-refractivity contribution in [3.63, 3.8) is 0 Å². The van der Waals surface area contributed by atoms with E-state index in [1.165, 1.54) is 7.11 Å². The number of esters is 1. The molecular weight excluding hydrogens is 382 g/mol. The number of benzene rings is 2. The molecule has 0 saturated heterocycles. The van der Waals surface area contributed by atoms with Crippen LogP contribution in [0.3, 0.4) is 0 Å². The van der Waals surface area contributed by atoms with Crippen LogP contribution >= 0.6 is 22.9 Å². The summed E-state index contributed by atoms with van der Waals surface area (Å²) in [5.41, 5.74) is 1.37. The Hall–Kier alpha value is -2.09. The van der Waals surface area contributed by atoms with Gasteiger partial charge in [-0.3, -0.25) is 4.72 Å². The van der Waals surface area contributed by atoms with Gasteiger partial charge >= 0.3 is 5.97 Å². The highest BCUT2D eigenvalue weighted by Crippen LogP contribution is 2.37. The van der Waals surface area contributed by atoms with Gasteiger partial charge < -0.3 is 4.74 Å². The Morgan fingerprint density at radius 1 is 1.16 bits per heavy atom. The lowest BCUT2D eigenvalue weighted by Crippen LogP contribution is -2.12. The number of nitrogens with one attached hydrogen (secondary N) is 1. The summed E-state index contributed by atoms with van der Waals surface area (Å²) >= 11 is 7.35. The number of carbonyl (C=O) groups excluding carboxylic acids is 1. The average Bonchev–Trinajstić information content (AvgIpc) is 2.90. The van der Waals surface area contributed by atoms with Gasteiger partial charge in [-0.15, -0.1) is 11.3 Å². The zero-order valence-electron chi connectivity index (χ0n) is 13.4. The molecule has 130 valence electrons. The lowest BCUT2D eigenvalue weighted by molar-refractivity contribution is 0.0606. The van der Waals surface area contributed by atoms with Crippen LogP contribution in [0.25, 0.3) is 10.1 Å². The number of fused-ring (bicyclic) bond motifs is 1. The summed E-state index contributed by atoms with van der Waals surface area (Å²) in [5.74, 6) is -0.520. The van der Waals surface area contributed by atoms with Crippen molar-refractivity contribution in [3.05, 3.63) is 57.9 Å². The quantitative estimate of drug-likeness (QED) is 0.662. The van der Waals surface area contributed by atoms with Gasteiger partial charge in [-0.25, -0.2) is 13.2 Å². The molecule has 25 heavy (non-hydrogen) atoms. The predicted molar refractivity (Wildman–Crippen MR) is 100 cm³/mol. The van der Waals surface area contributed by atoms with Crippen LogP contribution in [0.5, 0.6) is 0 Å². The summed E-state index contributed by atoms with van der Waals surface area (Å²) in [4.78, 5) is 12.2. The number of halogens is 1. The van der Waals surface area contributed by atoms with Gasteiger partial charge in [0.2, 0.25) is 0 Å². The zero-order chi connectivity index (χ0) is 18.2. The van der Waals surface area contributed by atoms with E-state index >= 15 is 0 Å². The van der Waals surface area contributed by atoms with Crippen LogP contribution < -0.4 is 4.72 Å². The van der Waals surface area contributed by atoms with E-state index in [9.17, 15) is 13.2 Å². The first kappa shape index (κ1) is 17.7. The molecule has 0 aliphatic heterocycles. The first-order chi connectivity index (χ1) is 11.8. The number of sulfonamides is 1. The lowest BCUT2D eigenvalue weighted by Gasteiger charge is -2.08. The SMILES string of the molecule is COC(=O)c1sc2cc(NS(=O)(=O)c3ccc(C)cc3)ccc2c1Cl. The summed E-state index contributed by atoms with van der Waals surface area (Å²) in [6.07, 6.45) is 0. The number of aryl methyl sites for hydroxylation is 1. The molecule has 0 bridgehead atoms. The van der Waals surface area contributed by atoms with E-state index in [1.807, 2.05) is 6.92 Å². The minimum absolute atomic E-state index is 0.178. The molecule has 0 saturated carbocycles. The molecule has 0 unspecified atom stereocenters. The fourth-order valence-electron chi connectivity index (χ4n) is 2.28. The Morgan fingerprint density at radius 2 is 1.84 bits per heavy atom. The van der Waals surface area contributed by atoms with Crippen molar-refractivity contribution in [1.82, 2.24) is 0 Å². The van der Waals surface area contributed by atoms with Crippen LogP contribution in [-0.4, -0.2) is 21.5 Å². The second-order valence-electron chi connectivity index (χ2n) is 5.37. The summed E-state index contributed by atoms with van der Waals surface area (Å²) in [6.45, 7) is 1.89. The Kier molecular flexibility index (Phi) is 4.73. The van der Waals surface area contributed by atoms with Gasteiger partial charge in [0.25, 0.3) is 10.0 Å². The van der Waals surface area contributed by atoms with Crippen LogP contribution in [-0.2, 0) is 14.8 Å². The van der Waals surface area contributed by atoms with Gasteiger partial charge in [0.1, 0.15) is 4.88 Å². The average molecular weight is 396 g/mol. The van der Waals surface area contributed by atoms with E-state index < -0.39 is 16.0 Å². The topological polar surface area (TPSA) is 72.5 Å². The largest absolute Gasteiger partial charge is 0.465 e. The maximum absolute atomic E-state index is 12.5. The molecule has 2 aromatic carbocycles. The molecule has 5 nitrogen and oxygen atoms in total. The monoisotopic (exact) mass is 395 g/mol. The van der Waals surface area contributed by atoms with Crippen molar-refractivity contribution in [3.8, 4) is 0 Å². The summed E-state index contributed by atoms with van der Waals surface area (Å²) in [7, 11) is -2.41. The lowest BCUT2D eigenvalue weighted by atomic mass is 10.2. The number of carbonyl (C=O) groups is 1. The molecule has 0 radical (unpaired) electrons. The van der Waals surface area contributed by atoms with E-state index in [-0.39, 0.29) is 9.77 Å². The normalized spacial score (nSPS) is 11.5. The van der Waals surface area contributed by atoms with Crippen molar-refractivity contribution in [2.24, 2.45) is 0 Å². The summed E-state index contributed by atoms with van der Waals surface area (Å²) in [5, 5.41) is 0.977. The molecule has 1 aromatic heterocycles. The third-order valence-corrected chi connectivity index (χ3v) is 6.62. The Bertz CT molecular complexity index is 1060. The zero-order valence-corrected chi connectivity index (χ0v) is 15.8. The van der Waals surface area contributed by atoms with Gasteiger partial charge in [-0.2, -0.15) is 0 Å². The molecule has 3 aromatic rings.